The minimum absolute atomic E-state index is 0.612. The van der Waals surface area contributed by atoms with E-state index >= 15 is 0 Å². The molecule has 82 valence electrons. The Labute approximate surface area is 87.2 Å². The Morgan fingerprint density at radius 3 is 2.27 bits per heavy atom. The summed E-state index contributed by atoms with van der Waals surface area (Å²) in [5.74, 6) is 0.684. The fourth-order valence-electron chi connectivity index (χ4n) is 1.10. The third kappa shape index (κ3) is 3.14. The second-order valence-corrected chi connectivity index (χ2v) is 2.72. The van der Waals surface area contributed by atoms with Crippen molar-refractivity contribution in [1.82, 2.24) is 0 Å². The first-order valence-corrected chi connectivity index (χ1v) is 4.23. The van der Waals surface area contributed by atoms with Crippen LogP contribution in [-0.2, 0) is 9.47 Å². The second-order valence-electron chi connectivity index (χ2n) is 2.72. The van der Waals surface area contributed by atoms with E-state index in [1.54, 1.807) is 31.4 Å². The Kier molecular flexibility index (Phi) is 3.93. The molecule has 0 aliphatic rings. The lowest BCUT2D eigenvalue weighted by molar-refractivity contribution is -0.0993. The number of methoxy groups -OCH3 is 2. The highest BCUT2D eigenvalue weighted by atomic mass is 16.7. The smallest absolute Gasteiger partial charge is 0.497 e. The van der Waals surface area contributed by atoms with E-state index in [1.807, 2.05) is 0 Å². The molecule has 0 saturated carbocycles. The Bertz CT molecular complexity index is 319. The molecule has 0 aromatic heterocycles. The minimum Gasteiger partial charge on any atom is -0.497 e. The first-order chi connectivity index (χ1) is 7.17. The van der Waals surface area contributed by atoms with Crippen molar-refractivity contribution >= 4 is 6.16 Å². The summed E-state index contributed by atoms with van der Waals surface area (Å²) >= 11 is 0. The van der Waals surface area contributed by atoms with E-state index < -0.39 is 12.4 Å². The fraction of sp³-hybridized carbons (Fsp3) is 0.300. The molecule has 1 aromatic carbocycles. The molecule has 0 fully saturated rings. The van der Waals surface area contributed by atoms with Crippen molar-refractivity contribution in [2.45, 2.75) is 6.29 Å². The van der Waals surface area contributed by atoms with E-state index in [0.29, 0.717) is 11.3 Å². The molecule has 0 aliphatic carbocycles. The number of benzene rings is 1. The Balaban J connectivity index is 2.78. The molecule has 1 aromatic rings. The zero-order chi connectivity index (χ0) is 11.3. The molecule has 5 nitrogen and oxygen atoms in total. The Morgan fingerprint density at radius 1 is 1.27 bits per heavy atom. The molecule has 1 atom stereocenters. The van der Waals surface area contributed by atoms with Gasteiger partial charge in [-0.2, -0.15) is 0 Å². The molecule has 15 heavy (non-hydrogen) atoms. The highest BCUT2D eigenvalue weighted by Gasteiger charge is 2.14. The van der Waals surface area contributed by atoms with E-state index in [2.05, 4.69) is 4.74 Å². The third-order valence-corrected chi connectivity index (χ3v) is 1.81. The maximum absolute atomic E-state index is 10.3. The van der Waals surface area contributed by atoms with Crippen LogP contribution in [0.2, 0.25) is 0 Å². The van der Waals surface area contributed by atoms with Gasteiger partial charge in [0.05, 0.1) is 7.11 Å². The topological polar surface area (TPSA) is 65.0 Å². The van der Waals surface area contributed by atoms with Gasteiger partial charge in [-0.15, -0.1) is 0 Å². The molecule has 1 unspecified atom stereocenters. The van der Waals surface area contributed by atoms with Crippen molar-refractivity contribution in [2.24, 2.45) is 0 Å². The SMILES string of the molecule is COc1ccc(C(OC)OC(=O)O)cc1. The maximum Gasteiger partial charge on any atom is 0.508 e. The minimum atomic E-state index is -1.38. The van der Waals surface area contributed by atoms with Crippen molar-refractivity contribution in [3.63, 3.8) is 0 Å². The highest BCUT2D eigenvalue weighted by Crippen LogP contribution is 2.21. The molecule has 0 amide bonds. The molecule has 1 rings (SSSR count). The summed E-state index contributed by atoms with van der Waals surface area (Å²) in [5, 5.41) is 8.45. The number of ether oxygens (including phenoxy) is 3. The lowest BCUT2D eigenvalue weighted by atomic mass is 10.2. The largest absolute Gasteiger partial charge is 0.508 e. The van der Waals surface area contributed by atoms with Crippen molar-refractivity contribution in [3.8, 4) is 5.75 Å². The quantitative estimate of drug-likeness (QED) is 0.611. The zero-order valence-electron chi connectivity index (χ0n) is 8.47. The summed E-state index contributed by atoms with van der Waals surface area (Å²) in [6.45, 7) is 0. The van der Waals surface area contributed by atoms with Crippen molar-refractivity contribution in [3.05, 3.63) is 29.8 Å². The van der Waals surface area contributed by atoms with Gasteiger partial charge in [-0.3, -0.25) is 0 Å². The van der Waals surface area contributed by atoms with Gasteiger partial charge in [-0.1, -0.05) is 0 Å². The summed E-state index contributed by atoms with van der Waals surface area (Å²) in [4.78, 5) is 10.3. The Hall–Kier alpha value is -1.75. The summed E-state index contributed by atoms with van der Waals surface area (Å²) in [7, 11) is 2.92. The van der Waals surface area contributed by atoms with Gasteiger partial charge in [0.1, 0.15) is 5.75 Å². The number of rotatable bonds is 4. The molecule has 0 saturated heterocycles. The highest BCUT2D eigenvalue weighted by molar-refractivity contribution is 5.57. The lowest BCUT2D eigenvalue weighted by Crippen LogP contribution is -2.10. The van der Waals surface area contributed by atoms with Gasteiger partial charge in [-0.25, -0.2) is 4.79 Å². The zero-order valence-corrected chi connectivity index (χ0v) is 8.47. The molecular weight excluding hydrogens is 200 g/mol. The Morgan fingerprint density at radius 2 is 1.87 bits per heavy atom. The van der Waals surface area contributed by atoms with E-state index in [9.17, 15) is 4.79 Å². The molecule has 0 bridgehead atoms. The summed E-state index contributed by atoms with van der Waals surface area (Å²) in [6, 6.07) is 6.75. The van der Waals surface area contributed by atoms with Crippen LogP contribution < -0.4 is 4.74 Å². The molecule has 0 aliphatic heterocycles. The van der Waals surface area contributed by atoms with Crippen LogP contribution in [0.1, 0.15) is 11.9 Å². The molecule has 1 N–H and O–H groups in total. The van der Waals surface area contributed by atoms with Crippen LogP contribution in [0, 0.1) is 0 Å². The number of carboxylic acid groups (broad SMARTS) is 1. The van der Waals surface area contributed by atoms with Crippen LogP contribution in [0.25, 0.3) is 0 Å². The van der Waals surface area contributed by atoms with Gasteiger partial charge >= 0.3 is 6.16 Å². The fourth-order valence-corrected chi connectivity index (χ4v) is 1.10. The first-order valence-electron chi connectivity index (χ1n) is 4.23. The summed E-state index contributed by atoms with van der Waals surface area (Å²) < 4.78 is 14.4. The van der Waals surface area contributed by atoms with Crippen molar-refractivity contribution < 1.29 is 24.1 Å². The standard InChI is InChI=1S/C10H12O5/c1-13-8-5-3-7(4-6-8)9(14-2)15-10(11)12/h3-6,9H,1-2H3,(H,11,12). The second kappa shape index (κ2) is 5.21. The van der Waals surface area contributed by atoms with Crippen LogP contribution in [0.3, 0.4) is 0 Å². The van der Waals surface area contributed by atoms with Gasteiger partial charge in [0, 0.05) is 12.7 Å². The monoisotopic (exact) mass is 212 g/mol. The van der Waals surface area contributed by atoms with Crippen LogP contribution in [0.4, 0.5) is 4.79 Å². The van der Waals surface area contributed by atoms with Gasteiger partial charge < -0.3 is 19.3 Å². The average Bonchev–Trinajstić information content (AvgIpc) is 2.26. The number of hydrogen-bond acceptors (Lipinski definition) is 4. The van der Waals surface area contributed by atoms with Gasteiger partial charge in [0.2, 0.25) is 6.29 Å². The third-order valence-electron chi connectivity index (χ3n) is 1.81. The van der Waals surface area contributed by atoms with Crippen molar-refractivity contribution in [1.29, 1.82) is 0 Å². The first kappa shape index (κ1) is 11.3. The van der Waals surface area contributed by atoms with E-state index in [4.69, 9.17) is 14.6 Å². The maximum atomic E-state index is 10.3. The van der Waals surface area contributed by atoms with Crippen LogP contribution in [-0.4, -0.2) is 25.5 Å². The molecule has 0 heterocycles. The van der Waals surface area contributed by atoms with Gasteiger partial charge in [0.25, 0.3) is 0 Å². The summed E-state index contributed by atoms with van der Waals surface area (Å²) in [6.07, 6.45) is -2.29. The van der Waals surface area contributed by atoms with Gasteiger partial charge in [0.15, 0.2) is 0 Å². The normalized spacial score (nSPS) is 11.9. The van der Waals surface area contributed by atoms with Gasteiger partial charge in [-0.05, 0) is 24.3 Å². The number of hydrogen-bond donors (Lipinski definition) is 1. The van der Waals surface area contributed by atoms with E-state index in [-0.39, 0.29) is 0 Å². The predicted molar refractivity (Wildman–Crippen MR) is 51.9 cm³/mol. The lowest BCUT2D eigenvalue weighted by Gasteiger charge is -2.14. The van der Waals surface area contributed by atoms with Crippen LogP contribution in [0.5, 0.6) is 5.75 Å². The van der Waals surface area contributed by atoms with E-state index in [0.717, 1.165) is 0 Å². The number of carbonyl (C=O) groups is 1. The summed E-state index contributed by atoms with van der Waals surface area (Å²) in [5.41, 5.74) is 0.612. The van der Waals surface area contributed by atoms with Crippen LogP contribution >= 0.6 is 0 Å². The molecular formula is C10H12O5. The molecule has 0 radical (unpaired) electrons. The average molecular weight is 212 g/mol. The molecule has 5 heteroatoms. The van der Waals surface area contributed by atoms with Crippen molar-refractivity contribution in [2.75, 3.05) is 14.2 Å². The molecule has 0 spiro atoms. The predicted octanol–water partition coefficient (Wildman–Crippen LogP) is 2.03. The van der Waals surface area contributed by atoms with E-state index in [1.165, 1.54) is 7.11 Å². The van der Waals surface area contributed by atoms with Crippen LogP contribution in [0.15, 0.2) is 24.3 Å².